The summed E-state index contributed by atoms with van der Waals surface area (Å²) in [5, 5.41) is 10.8. The van der Waals surface area contributed by atoms with E-state index < -0.39 is 0 Å². The number of hydrogen-bond donors (Lipinski definition) is 1. The molecule has 0 saturated carbocycles. The molecule has 0 amide bonds. The van der Waals surface area contributed by atoms with E-state index in [2.05, 4.69) is 9.24 Å². The molecule has 0 spiro atoms. The second-order valence-electron chi connectivity index (χ2n) is 5.07. The van der Waals surface area contributed by atoms with Crippen LogP contribution in [0.2, 0.25) is 10.0 Å². The van der Waals surface area contributed by atoms with Crippen LogP contribution in [-0.4, -0.2) is 5.11 Å². The lowest BCUT2D eigenvalue weighted by Gasteiger charge is -2.14. The highest BCUT2D eigenvalue weighted by atomic mass is 35.5. The van der Waals surface area contributed by atoms with Crippen LogP contribution in [0, 0.1) is 0 Å². The third-order valence-corrected chi connectivity index (χ3v) is 4.17. The highest BCUT2D eigenvalue weighted by molar-refractivity contribution is 7.15. The molecular formula is C16H17Cl2O2P. The molecule has 0 radical (unpaired) electrons. The molecule has 2 rings (SSSR count). The zero-order valence-electron chi connectivity index (χ0n) is 11.9. The highest BCUT2D eigenvalue weighted by Gasteiger charge is 2.13. The Morgan fingerprint density at radius 2 is 1.76 bits per heavy atom. The van der Waals surface area contributed by atoms with E-state index in [4.69, 9.17) is 27.9 Å². The van der Waals surface area contributed by atoms with Crippen molar-refractivity contribution < 1.29 is 9.84 Å². The molecule has 0 aliphatic rings. The van der Waals surface area contributed by atoms with Gasteiger partial charge in [-0.05, 0) is 48.0 Å². The van der Waals surface area contributed by atoms with Crippen LogP contribution < -0.4 is 4.74 Å². The topological polar surface area (TPSA) is 29.5 Å². The van der Waals surface area contributed by atoms with Crippen molar-refractivity contribution in [3.63, 3.8) is 0 Å². The van der Waals surface area contributed by atoms with Gasteiger partial charge in [-0.2, -0.15) is 0 Å². The molecule has 1 unspecified atom stereocenters. The van der Waals surface area contributed by atoms with Gasteiger partial charge >= 0.3 is 0 Å². The molecule has 1 N–H and O–H groups in total. The van der Waals surface area contributed by atoms with Crippen LogP contribution in [-0.2, 0) is 6.16 Å². The standard InChI is InChI=1S/C16H17Cl2O2P/c1-9(2)12-7-11(3-4-15(12)19)20-16-13(17)5-10(8-21)6-14(16)18/h3-7,9,19H,8,21H2,1-2H3. The Kier molecular flexibility index (Phi) is 5.37. The minimum absolute atomic E-state index is 0.194. The molecular weight excluding hydrogens is 326 g/mol. The first-order chi connectivity index (χ1) is 9.92. The number of ether oxygens (including phenoxy) is 1. The number of halogens is 2. The molecule has 0 fully saturated rings. The number of hydrogen-bond acceptors (Lipinski definition) is 2. The Bertz CT molecular complexity index is 634. The zero-order chi connectivity index (χ0) is 15.6. The maximum atomic E-state index is 9.84. The van der Waals surface area contributed by atoms with Crippen molar-refractivity contribution >= 4 is 32.4 Å². The summed E-state index contributed by atoms with van der Waals surface area (Å²) in [7, 11) is 2.63. The van der Waals surface area contributed by atoms with Crippen LogP contribution >= 0.6 is 32.4 Å². The number of aromatic hydroxyl groups is 1. The van der Waals surface area contributed by atoms with Crippen LogP contribution in [0.4, 0.5) is 0 Å². The second-order valence-corrected chi connectivity index (χ2v) is 6.29. The lowest BCUT2D eigenvalue weighted by atomic mass is 10.0. The van der Waals surface area contributed by atoms with Gasteiger partial charge in [0, 0.05) is 5.56 Å². The zero-order valence-corrected chi connectivity index (χ0v) is 14.5. The van der Waals surface area contributed by atoms with Crippen molar-refractivity contribution in [3.05, 3.63) is 51.5 Å². The SMILES string of the molecule is CC(C)c1cc(Oc2c(Cl)cc(CP)cc2Cl)ccc1O. The van der Waals surface area contributed by atoms with Crippen LogP contribution in [0.15, 0.2) is 30.3 Å². The van der Waals surface area contributed by atoms with Crippen LogP contribution in [0.1, 0.15) is 30.9 Å². The Balaban J connectivity index is 2.37. The van der Waals surface area contributed by atoms with Gasteiger partial charge in [-0.15, -0.1) is 9.24 Å². The van der Waals surface area contributed by atoms with Gasteiger partial charge < -0.3 is 9.84 Å². The third kappa shape index (κ3) is 3.83. The van der Waals surface area contributed by atoms with Gasteiger partial charge in [0.05, 0.1) is 10.0 Å². The minimum atomic E-state index is 0.194. The van der Waals surface area contributed by atoms with E-state index in [1.165, 1.54) is 0 Å². The lowest BCUT2D eigenvalue weighted by molar-refractivity contribution is 0.455. The predicted octanol–water partition coefficient (Wildman–Crippen LogP) is 5.99. The fourth-order valence-electron chi connectivity index (χ4n) is 2.00. The van der Waals surface area contributed by atoms with Gasteiger partial charge in [0.25, 0.3) is 0 Å². The van der Waals surface area contributed by atoms with Gasteiger partial charge in [-0.25, -0.2) is 0 Å². The lowest BCUT2D eigenvalue weighted by Crippen LogP contribution is -1.92. The molecule has 21 heavy (non-hydrogen) atoms. The van der Waals surface area contributed by atoms with Crippen LogP contribution in [0.5, 0.6) is 17.2 Å². The normalized spacial score (nSPS) is 11.0. The van der Waals surface area contributed by atoms with Crippen LogP contribution in [0.25, 0.3) is 0 Å². The van der Waals surface area contributed by atoms with Gasteiger partial charge in [-0.3, -0.25) is 0 Å². The Morgan fingerprint density at radius 1 is 1.14 bits per heavy atom. The summed E-state index contributed by atoms with van der Waals surface area (Å²) in [6, 6.07) is 8.77. The van der Waals surface area contributed by atoms with E-state index in [0.717, 1.165) is 17.3 Å². The molecule has 0 aliphatic heterocycles. The largest absolute Gasteiger partial charge is 0.508 e. The third-order valence-electron chi connectivity index (χ3n) is 3.13. The number of benzene rings is 2. The average Bonchev–Trinajstić information content (AvgIpc) is 2.43. The number of phenols is 1. The summed E-state index contributed by atoms with van der Waals surface area (Å²) in [5.74, 6) is 1.48. The first-order valence-electron chi connectivity index (χ1n) is 6.61. The first kappa shape index (κ1) is 16.4. The van der Waals surface area contributed by atoms with Crippen molar-refractivity contribution in [3.8, 4) is 17.2 Å². The molecule has 0 aliphatic carbocycles. The Morgan fingerprint density at radius 3 is 2.29 bits per heavy atom. The van der Waals surface area contributed by atoms with Gasteiger partial charge in [-0.1, -0.05) is 37.0 Å². The average molecular weight is 343 g/mol. The van der Waals surface area contributed by atoms with E-state index >= 15 is 0 Å². The summed E-state index contributed by atoms with van der Waals surface area (Å²) in [6.07, 6.45) is 0.774. The van der Waals surface area contributed by atoms with Crippen molar-refractivity contribution in [2.75, 3.05) is 0 Å². The second kappa shape index (κ2) is 6.87. The summed E-state index contributed by atoms with van der Waals surface area (Å²) >= 11 is 12.5. The monoisotopic (exact) mass is 342 g/mol. The minimum Gasteiger partial charge on any atom is -0.508 e. The smallest absolute Gasteiger partial charge is 0.164 e. The van der Waals surface area contributed by atoms with Crippen molar-refractivity contribution in [1.82, 2.24) is 0 Å². The quantitative estimate of drug-likeness (QED) is 0.691. The number of phenolic OH excluding ortho intramolecular Hbond substituents is 1. The number of rotatable bonds is 4. The van der Waals surface area contributed by atoms with Gasteiger partial charge in [0.1, 0.15) is 11.5 Å². The molecule has 2 nitrogen and oxygen atoms in total. The summed E-state index contributed by atoms with van der Waals surface area (Å²) in [6.45, 7) is 4.01. The first-order valence-corrected chi connectivity index (χ1v) is 8.18. The summed E-state index contributed by atoms with van der Waals surface area (Å²) < 4.78 is 5.80. The molecule has 5 heteroatoms. The van der Waals surface area contributed by atoms with Crippen molar-refractivity contribution in [1.29, 1.82) is 0 Å². The van der Waals surface area contributed by atoms with Gasteiger partial charge in [0.2, 0.25) is 0 Å². The van der Waals surface area contributed by atoms with E-state index in [9.17, 15) is 5.11 Å². The molecule has 0 bridgehead atoms. The molecule has 0 saturated heterocycles. The molecule has 2 aromatic rings. The fraction of sp³-hybridized carbons (Fsp3) is 0.250. The maximum Gasteiger partial charge on any atom is 0.164 e. The molecule has 0 aromatic heterocycles. The fourth-order valence-corrected chi connectivity index (χ4v) is 2.85. The molecule has 112 valence electrons. The Labute approximate surface area is 137 Å². The van der Waals surface area contributed by atoms with Gasteiger partial charge in [0.15, 0.2) is 5.75 Å². The molecule has 1 atom stereocenters. The van der Waals surface area contributed by atoms with Crippen molar-refractivity contribution in [2.45, 2.75) is 25.9 Å². The predicted molar refractivity (Wildman–Crippen MR) is 92.1 cm³/mol. The highest BCUT2D eigenvalue weighted by Crippen LogP contribution is 2.39. The van der Waals surface area contributed by atoms with E-state index in [-0.39, 0.29) is 11.7 Å². The maximum absolute atomic E-state index is 9.84. The summed E-state index contributed by atoms with van der Waals surface area (Å²) in [4.78, 5) is 0. The summed E-state index contributed by atoms with van der Waals surface area (Å²) in [5.41, 5.74) is 1.84. The van der Waals surface area contributed by atoms with E-state index in [1.54, 1.807) is 18.2 Å². The van der Waals surface area contributed by atoms with E-state index in [1.807, 2.05) is 26.0 Å². The van der Waals surface area contributed by atoms with E-state index in [0.29, 0.717) is 21.5 Å². The molecule has 2 aromatic carbocycles. The molecule has 0 heterocycles. The van der Waals surface area contributed by atoms with Crippen LogP contribution in [0.3, 0.4) is 0 Å². The van der Waals surface area contributed by atoms with Crippen molar-refractivity contribution in [2.24, 2.45) is 0 Å². The Hall–Kier alpha value is -0.950.